The van der Waals surface area contributed by atoms with Crippen molar-refractivity contribution in [1.29, 1.82) is 0 Å². The second kappa shape index (κ2) is 5.19. The lowest BCUT2D eigenvalue weighted by molar-refractivity contribution is -0.143. The number of aliphatic carboxylic acids is 1. The fraction of sp³-hybridized carbons (Fsp3) is 0.615. The van der Waals surface area contributed by atoms with Gasteiger partial charge in [-0.3, -0.25) is 9.69 Å². The number of nitrogens with zero attached hydrogens (tertiary/aromatic N) is 1. The fourth-order valence-electron chi connectivity index (χ4n) is 2.72. The van der Waals surface area contributed by atoms with E-state index in [-0.39, 0.29) is 12.1 Å². The van der Waals surface area contributed by atoms with E-state index in [1.54, 1.807) is 11.3 Å². The molecule has 0 aromatic carbocycles. The Labute approximate surface area is 106 Å². The van der Waals surface area contributed by atoms with Gasteiger partial charge >= 0.3 is 5.97 Å². The molecule has 1 aliphatic heterocycles. The third-order valence-corrected chi connectivity index (χ3v) is 4.69. The zero-order valence-electron chi connectivity index (χ0n) is 10.3. The van der Waals surface area contributed by atoms with Crippen LogP contribution in [0.1, 0.15) is 42.7 Å². The highest BCUT2D eigenvalue weighted by atomic mass is 32.1. The SMILES string of the molecule is CCC(c1sccc1C)N1CCCC1C(=O)O. The van der Waals surface area contributed by atoms with Gasteiger partial charge in [-0.1, -0.05) is 6.92 Å². The second-order valence-corrected chi connectivity index (χ2v) is 5.57. The van der Waals surface area contributed by atoms with Gasteiger partial charge in [-0.05, 0) is 49.7 Å². The predicted molar refractivity (Wildman–Crippen MR) is 69.5 cm³/mol. The maximum absolute atomic E-state index is 11.2. The van der Waals surface area contributed by atoms with Gasteiger partial charge in [0.15, 0.2) is 0 Å². The molecule has 2 heterocycles. The lowest BCUT2D eigenvalue weighted by Crippen LogP contribution is -2.38. The van der Waals surface area contributed by atoms with Crippen LogP contribution in [0.25, 0.3) is 0 Å². The van der Waals surface area contributed by atoms with Crippen molar-refractivity contribution < 1.29 is 9.90 Å². The van der Waals surface area contributed by atoms with Gasteiger partial charge in [0.1, 0.15) is 6.04 Å². The van der Waals surface area contributed by atoms with E-state index in [4.69, 9.17) is 0 Å². The summed E-state index contributed by atoms with van der Waals surface area (Å²) in [4.78, 5) is 14.8. The topological polar surface area (TPSA) is 40.5 Å². The van der Waals surface area contributed by atoms with Crippen molar-refractivity contribution in [3.05, 3.63) is 21.9 Å². The summed E-state index contributed by atoms with van der Waals surface area (Å²) in [6, 6.07) is 2.11. The van der Waals surface area contributed by atoms with Crippen LogP contribution in [0.3, 0.4) is 0 Å². The molecule has 3 nitrogen and oxygen atoms in total. The predicted octanol–water partition coefficient (Wildman–Crippen LogP) is 3.06. The number of likely N-dealkylation sites (tertiary alicyclic amines) is 1. The average Bonchev–Trinajstić information content (AvgIpc) is 2.90. The zero-order valence-corrected chi connectivity index (χ0v) is 11.2. The van der Waals surface area contributed by atoms with E-state index in [1.807, 2.05) is 0 Å². The summed E-state index contributed by atoms with van der Waals surface area (Å²) in [6.45, 7) is 5.16. The van der Waals surface area contributed by atoms with E-state index in [2.05, 4.69) is 30.2 Å². The molecule has 1 aromatic rings. The highest BCUT2D eigenvalue weighted by molar-refractivity contribution is 7.10. The average molecular weight is 253 g/mol. The summed E-state index contributed by atoms with van der Waals surface area (Å²) < 4.78 is 0. The van der Waals surface area contributed by atoms with Gasteiger partial charge in [-0.2, -0.15) is 0 Å². The van der Waals surface area contributed by atoms with Crippen LogP contribution in [-0.4, -0.2) is 28.6 Å². The summed E-state index contributed by atoms with van der Waals surface area (Å²) in [5.41, 5.74) is 1.29. The summed E-state index contributed by atoms with van der Waals surface area (Å²) in [6.07, 6.45) is 2.76. The lowest BCUT2D eigenvalue weighted by Gasteiger charge is -2.30. The molecule has 0 amide bonds. The van der Waals surface area contributed by atoms with E-state index in [0.29, 0.717) is 0 Å². The number of carboxylic acid groups (broad SMARTS) is 1. The van der Waals surface area contributed by atoms with Crippen LogP contribution >= 0.6 is 11.3 Å². The third kappa shape index (κ3) is 2.38. The second-order valence-electron chi connectivity index (χ2n) is 4.63. The molecule has 4 heteroatoms. The van der Waals surface area contributed by atoms with Gasteiger partial charge in [0.25, 0.3) is 0 Å². The first-order valence-corrected chi connectivity index (χ1v) is 7.05. The Hall–Kier alpha value is -0.870. The van der Waals surface area contributed by atoms with Gasteiger partial charge in [-0.25, -0.2) is 0 Å². The Bertz CT molecular complexity index is 402. The highest BCUT2D eigenvalue weighted by Gasteiger charge is 2.35. The molecule has 1 aliphatic rings. The van der Waals surface area contributed by atoms with Crippen molar-refractivity contribution in [2.75, 3.05) is 6.54 Å². The molecule has 2 unspecified atom stereocenters. The molecule has 0 aliphatic carbocycles. The first kappa shape index (κ1) is 12.6. The van der Waals surface area contributed by atoms with Crippen LogP contribution in [0.5, 0.6) is 0 Å². The number of rotatable bonds is 4. The number of hydrogen-bond acceptors (Lipinski definition) is 3. The minimum Gasteiger partial charge on any atom is -0.480 e. The molecule has 2 rings (SSSR count). The van der Waals surface area contributed by atoms with Gasteiger partial charge in [-0.15, -0.1) is 11.3 Å². The first-order valence-electron chi connectivity index (χ1n) is 6.17. The summed E-state index contributed by atoms with van der Waals surface area (Å²) in [7, 11) is 0. The molecule has 0 radical (unpaired) electrons. The molecule has 1 N–H and O–H groups in total. The van der Waals surface area contributed by atoms with E-state index in [0.717, 1.165) is 25.8 Å². The summed E-state index contributed by atoms with van der Waals surface area (Å²) >= 11 is 1.75. The monoisotopic (exact) mass is 253 g/mol. The molecule has 17 heavy (non-hydrogen) atoms. The maximum Gasteiger partial charge on any atom is 0.320 e. The van der Waals surface area contributed by atoms with Crippen molar-refractivity contribution in [2.24, 2.45) is 0 Å². The van der Waals surface area contributed by atoms with Gasteiger partial charge in [0, 0.05) is 10.9 Å². The normalized spacial score (nSPS) is 22.8. The first-order chi connectivity index (χ1) is 8.15. The molecule has 1 saturated heterocycles. The van der Waals surface area contributed by atoms with E-state index >= 15 is 0 Å². The van der Waals surface area contributed by atoms with Crippen LogP contribution in [0, 0.1) is 6.92 Å². The maximum atomic E-state index is 11.2. The molecule has 94 valence electrons. The van der Waals surface area contributed by atoms with Crippen molar-refractivity contribution >= 4 is 17.3 Å². The van der Waals surface area contributed by atoms with E-state index in [9.17, 15) is 9.90 Å². The van der Waals surface area contributed by atoms with Crippen LogP contribution < -0.4 is 0 Å². The number of thiophene rings is 1. The van der Waals surface area contributed by atoms with Gasteiger partial charge < -0.3 is 5.11 Å². The molecule has 1 aromatic heterocycles. The Balaban J connectivity index is 2.24. The van der Waals surface area contributed by atoms with Crippen molar-refractivity contribution in [3.8, 4) is 0 Å². The Morgan fingerprint density at radius 3 is 3.00 bits per heavy atom. The van der Waals surface area contributed by atoms with Gasteiger partial charge in [0.2, 0.25) is 0 Å². The molecule has 0 saturated carbocycles. The Kier molecular flexibility index (Phi) is 3.84. The lowest BCUT2D eigenvalue weighted by atomic mass is 10.1. The Morgan fingerprint density at radius 1 is 1.71 bits per heavy atom. The van der Waals surface area contributed by atoms with Crippen molar-refractivity contribution in [1.82, 2.24) is 4.90 Å². The van der Waals surface area contributed by atoms with Crippen molar-refractivity contribution in [3.63, 3.8) is 0 Å². The summed E-state index contributed by atoms with van der Waals surface area (Å²) in [5, 5.41) is 11.4. The molecule has 0 bridgehead atoms. The highest BCUT2D eigenvalue weighted by Crippen LogP contribution is 2.36. The summed E-state index contributed by atoms with van der Waals surface area (Å²) in [5.74, 6) is -0.671. The number of hydrogen-bond donors (Lipinski definition) is 1. The van der Waals surface area contributed by atoms with E-state index in [1.165, 1.54) is 10.4 Å². The zero-order chi connectivity index (χ0) is 12.4. The third-order valence-electron chi connectivity index (χ3n) is 3.57. The molecular formula is C13H19NO2S. The van der Waals surface area contributed by atoms with Gasteiger partial charge in [0.05, 0.1) is 0 Å². The number of carbonyl (C=O) groups is 1. The Morgan fingerprint density at radius 2 is 2.47 bits per heavy atom. The van der Waals surface area contributed by atoms with E-state index < -0.39 is 5.97 Å². The number of aryl methyl sites for hydroxylation is 1. The quantitative estimate of drug-likeness (QED) is 0.896. The molecule has 2 atom stereocenters. The minimum atomic E-state index is -0.671. The largest absolute Gasteiger partial charge is 0.480 e. The molecule has 1 fully saturated rings. The smallest absolute Gasteiger partial charge is 0.320 e. The van der Waals surface area contributed by atoms with Crippen molar-refractivity contribution in [2.45, 2.75) is 45.2 Å². The van der Waals surface area contributed by atoms with Crippen LogP contribution in [0.4, 0.5) is 0 Å². The van der Waals surface area contributed by atoms with Crippen LogP contribution in [0.2, 0.25) is 0 Å². The number of carboxylic acids is 1. The minimum absolute atomic E-state index is 0.276. The van der Waals surface area contributed by atoms with Crippen LogP contribution in [0.15, 0.2) is 11.4 Å². The molecule has 0 spiro atoms. The fourth-order valence-corrected chi connectivity index (χ4v) is 3.86. The standard InChI is InChI=1S/C13H19NO2S/c1-3-10(12-9(2)6-8-17-12)14-7-4-5-11(14)13(15)16/h6,8,10-11H,3-5,7H2,1-2H3,(H,15,16). The molecular weight excluding hydrogens is 234 g/mol. The van der Waals surface area contributed by atoms with Crippen LogP contribution in [-0.2, 0) is 4.79 Å².